The van der Waals surface area contributed by atoms with Gasteiger partial charge in [0.25, 0.3) is 0 Å². The Labute approximate surface area is 357 Å². The molecule has 0 aliphatic rings. The van der Waals surface area contributed by atoms with Gasteiger partial charge in [0.1, 0.15) is 0 Å². The maximum Gasteiger partial charge on any atom is 0.194 e. The van der Waals surface area contributed by atoms with E-state index < -0.39 is 12.9 Å². The van der Waals surface area contributed by atoms with Crippen molar-refractivity contribution in [1.29, 1.82) is 0 Å². The standard InChI is InChI=1S/2C6Br9N3/c2*7-4(8,9)1-16-2(5(10,11)12)18-3(17-1)6(13,14)15. The van der Waals surface area contributed by atoms with Gasteiger partial charge >= 0.3 is 0 Å². The molecule has 24 heteroatoms. The van der Waals surface area contributed by atoms with Crippen LogP contribution in [0.2, 0.25) is 0 Å². The van der Waals surface area contributed by atoms with Crippen LogP contribution in [-0.2, 0) is 12.9 Å². The maximum atomic E-state index is 4.32. The fraction of sp³-hybridized carbons (Fsp3) is 0.500. The minimum absolute atomic E-state index is 0.452. The highest BCUT2D eigenvalue weighted by Gasteiger charge is 2.37. The second-order valence-electron chi connectivity index (χ2n) is 5.60. The highest BCUT2D eigenvalue weighted by molar-refractivity contribution is 9.40. The molecule has 36 heavy (non-hydrogen) atoms. The molecule has 0 saturated heterocycles. The first-order valence-corrected chi connectivity index (χ1v) is 21.9. The minimum Gasteiger partial charge on any atom is -0.211 e. The summed E-state index contributed by atoms with van der Waals surface area (Å²) in [5, 5.41) is 0. The van der Waals surface area contributed by atoms with Crippen LogP contribution in [0.4, 0.5) is 0 Å². The lowest BCUT2D eigenvalue weighted by Gasteiger charge is -2.19. The highest BCUT2D eigenvalue weighted by atomic mass is 80.0. The minimum atomic E-state index is -0.740. The average Bonchev–Trinajstić information content (AvgIpc) is 2.63. The van der Waals surface area contributed by atoms with Crippen LogP contribution in [0.5, 0.6) is 0 Å². The van der Waals surface area contributed by atoms with Crippen LogP contribution >= 0.6 is 287 Å². The molecule has 2 aromatic rings. The van der Waals surface area contributed by atoms with E-state index >= 15 is 0 Å². The predicted octanol–water partition coefficient (Wildman–Crippen LogP) is 13.5. The number of halogens is 18. The maximum absolute atomic E-state index is 4.32. The molecular weight excluding hydrogens is 1670 g/mol. The summed E-state index contributed by atoms with van der Waals surface area (Å²) in [7, 11) is 0. The van der Waals surface area contributed by atoms with Gasteiger partial charge in [0.05, 0.1) is 0 Å². The fourth-order valence-electron chi connectivity index (χ4n) is 1.51. The molecule has 0 radical (unpaired) electrons. The van der Waals surface area contributed by atoms with E-state index in [1.807, 2.05) is 0 Å². The van der Waals surface area contributed by atoms with Crippen molar-refractivity contribution in [2.24, 2.45) is 0 Å². The van der Waals surface area contributed by atoms with Crippen molar-refractivity contribution in [3.05, 3.63) is 34.9 Å². The fourth-order valence-corrected chi connectivity index (χ4v) is 4.70. The largest absolute Gasteiger partial charge is 0.211 e. The van der Waals surface area contributed by atoms with Crippen LogP contribution in [0, 0.1) is 0 Å². The van der Waals surface area contributed by atoms with Crippen molar-refractivity contribution in [3.8, 4) is 0 Å². The lowest BCUT2D eigenvalue weighted by molar-refractivity contribution is 0.834. The van der Waals surface area contributed by atoms with Crippen molar-refractivity contribution < 1.29 is 0 Å². The van der Waals surface area contributed by atoms with E-state index in [0.29, 0.717) is 34.9 Å². The Balaban J connectivity index is 0.000000360. The highest BCUT2D eigenvalue weighted by Crippen LogP contribution is 2.50. The van der Waals surface area contributed by atoms with Crippen molar-refractivity contribution in [2.45, 2.75) is 12.9 Å². The van der Waals surface area contributed by atoms with Crippen LogP contribution in [-0.4, -0.2) is 29.9 Å². The molecular formula is C12Br18N6. The van der Waals surface area contributed by atoms with E-state index in [4.69, 9.17) is 0 Å². The summed E-state index contributed by atoms with van der Waals surface area (Å²) < 4.78 is -4.44. The Kier molecular flexibility index (Phi) is 17.5. The van der Waals surface area contributed by atoms with E-state index in [9.17, 15) is 0 Å². The Bertz CT molecular complexity index is 814. The van der Waals surface area contributed by atoms with Crippen LogP contribution in [0.1, 0.15) is 34.9 Å². The predicted molar refractivity (Wildman–Crippen MR) is 210 cm³/mol. The number of nitrogens with zero attached hydrogens (tertiary/aromatic N) is 6. The van der Waals surface area contributed by atoms with Gasteiger partial charge in [-0.15, -0.1) is 0 Å². The van der Waals surface area contributed by atoms with Gasteiger partial charge < -0.3 is 0 Å². The number of hydrogen-bond donors (Lipinski definition) is 0. The van der Waals surface area contributed by atoms with E-state index in [0.717, 1.165) is 0 Å². The van der Waals surface area contributed by atoms with Crippen LogP contribution < -0.4 is 0 Å². The summed E-state index contributed by atoms with van der Waals surface area (Å²) in [6.07, 6.45) is 0. The summed E-state index contributed by atoms with van der Waals surface area (Å²) in [6.45, 7) is 0. The van der Waals surface area contributed by atoms with Crippen LogP contribution in [0.15, 0.2) is 0 Å². The van der Waals surface area contributed by atoms with Crippen molar-refractivity contribution in [1.82, 2.24) is 29.9 Å². The topological polar surface area (TPSA) is 77.3 Å². The molecule has 0 saturated carbocycles. The van der Waals surface area contributed by atoms with Crippen LogP contribution in [0.25, 0.3) is 0 Å². The first-order valence-electron chi connectivity index (χ1n) is 7.58. The molecule has 0 amide bonds. The summed E-state index contributed by atoms with van der Waals surface area (Å²) in [5.41, 5.74) is 0. The van der Waals surface area contributed by atoms with E-state index in [1.54, 1.807) is 0 Å². The first-order chi connectivity index (χ1) is 15.6. The summed E-state index contributed by atoms with van der Waals surface area (Å²) in [6, 6.07) is 0. The molecule has 0 aliphatic heterocycles. The van der Waals surface area contributed by atoms with Gasteiger partial charge in [-0.2, -0.15) is 0 Å². The Hall–Kier alpha value is 6.66. The summed E-state index contributed by atoms with van der Waals surface area (Å²) in [5.74, 6) is 2.71. The summed E-state index contributed by atoms with van der Waals surface area (Å²) >= 11 is 60.8. The Morgan fingerprint density at radius 2 is 0.306 bits per heavy atom. The van der Waals surface area contributed by atoms with Crippen molar-refractivity contribution in [2.75, 3.05) is 0 Å². The van der Waals surface area contributed by atoms with E-state index in [2.05, 4.69) is 317 Å². The van der Waals surface area contributed by atoms with Gasteiger partial charge in [-0.1, -0.05) is 287 Å². The molecule has 0 spiro atoms. The zero-order valence-electron chi connectivity index (χ0n) is 15.5. The van der Waals surface area contributed by atoms with Crippen LogP contribution in [0.3, 0.4) is 0 Å². The molecule has 2 rings (SSSR count). The van der Waals surface area contributed by atoms with Gasteiger partial charge in [-0.3, -0.25) is 0 Å². The van der Waals surface area contributed by atoms with Gasteiger partial charge in [0.15, 0.2) is 47.8 Å². The third kappa shape index (κ3) is 14.4. The molecule has 0 bridgehead atoms. The average molecular weight is 1670 g/mol. The number of rotatable bonds is 0. The third-order valence-electron chi connectivity index (χ3n) is 2.79. The molecule has 6 nitrogen and oxygen atoms in total. The second kappa shape index (κ2) is 15.5. The zero-order chi connectivity index (χ0) is 28.7. The molecule has 2 aromatic heterocycles. The van der Waals surface area contributed by atoms with E-state index in [1.165, 1.54) is 0 Å². The number of alkyl halides is 18. The molecule has 0 atom stereocenters. The quantitative estimate of drug-likeness (QED) is 0.245. The van der Waals surface area contributed by atoms with Crippen molar-refractivity contribution >= 4 is 287 Å². The molecule has 0 unspecified atom stereocenters. The molecule has 2 heterocycles. The zero-order valence-corrected chi connectivity index (χ0v) is 44.0. The number of aromatic nitrogens is 6. The smallest absolute Gasteiger partial charge is 0.194 e. The molecule has 0 aliphatic carbocycles. The van der Waals surface area contributed by atoms with E-state index in [-0.39, 0.29) is 0 Å². The lowest BCUT2D eigenvalue weighted by Crippen LogP contribution is -2.19. The molecule has 204 valence electrons. The van der Waals surface area contributed by atoms with Gasteiger partial charge in [0.2, 0.25) is 0 Å². The van der Waals surface area contributed by atoms with Crippen molar-refractivity contribution in [3.63, 3.8) is 0 Å². The monoisotopic (exact) mass is 1650 g/mol. The Morgan fingerprint density at radius 3 is 0.361 bits per heavy atom. The van der Waals surface area contributed by atoms with Gasteiger partial charge in [-0.05, 0) is 0 Å². The van der Waals surface area contributed by atoms with Gasteiger partial charge in [-0.25, -0.2) is 29.9 Å². The first kappa shape index (κ1) is 40.7. The molecule has 0 fully saturated rings. The van der Waals surface area contributed by atoms with Gasteiger partial charge in [0, 0.05) is 0 Å². The normalized spacial score (nSPS) is 13.8. The lowest BCUT2D eigenvalue weighted by atomic mass is 10.5. The summed E-state index contributed by atoms with van der Waals surface area (Å²) in [4.78, 5) is 25.9. The Morgan fingerprint density at radius 1 is 0.222 bits per heavy atom. The molecule has 0 aromatic carbocycles. The SMILES string of the molecule is BrC(Br)(Br)c1nc(C(Br)(Br)Br)nc(C(Br)(Br)Br)n1.BrC(Br)(Br)c1nc(C(Br)(Br)Br)nc(C(Br)(Br)Br)n1. The number of hydrogen-bond acceptors (Lipinski definition) is 6. The molecule has 0 N–H and O–H groups in total. The second-order valence-corrected chi connectivity index (χ2v) is 46.2. The third-order valence-corrected chi connectivity index (χ3v) is 9.18.